The molecule has 5 nitrogen and oxygen atoms in total. The van der Waals surface area contributed by atoms with Gasteiger partial charge in [0, 0.05) is 22.6 Å². The highest BCUT2D eigenvalue weighted by molar-refractivity contribution is 7.14. The summed E-state index contributed by atoms with van der Waals surface area (Å²) < 4.78 is 18.2. The number of nitrogens with zero attached hydrogens (tertiary/aromatic N) is 2. The van der Waals surface area contributed by atoms with E-state index in [4.69, 9.17) is 4.52 Å². The second-order valence-electron chi connectivity index (χ2n) is 5.44. The van der Waals surface area contributed by atoms with Gasteiger partial charge in [0.1, 0.15) is 5.82 Å². The van der Waals surface area contributed by atoms with Crippen molar-refractivity contribution in [1.82, 2.24) is 10.1 Å². The molecule has 2 aromatic carbocycles. The van der Waals surface area contributed by atoms with E-state index < -0.39 is 5.91 Å². The fourth-order valence-electron chi connectivity index (χ4n) is 2.37. The van der Waals surface area contributed by atoms with E-state index in [0.29, 0.717) is 16.6 Å². The second kappa shape index (κ2) is 6.89. The van der Waals surface area contributed by atoms with Crippen molar-refractivity contribution < 1.29 is 13.7 Å². The molecule has 0 aliphatic heterocycles. The van der Waals surface area contributed by atoms with Crippen LogP contribution in [0.2, 0.25) is 0 Å². The Morgan fingerprint density at radius 2 is 1.81 bits per heavy atom. The summed E-state index contributed by atoms with van der Waals surface area (Å²) in [5.41, 5.74) is 2.45. The molecule has 1 N–H and O–H groups in total. The maximum absolute atomic E-state index is 13.0. The molecule has 7 heteroatoms. The highest BCUT2D eigenvalue weighted by Crippen LogP contribution is 2.26. The molecule has 0 radical (unpaired) electrons. The highest BCUT2D eigenvalue weighted by atomic mass is 32.1. The summed E-state index contributed by atoms with van der Waals surface area (Å²) >= 11 is 1.28. The fourth-order valence-corrected chi connectivity index (χ4v) is 3.08. The Labute approximate surface area is 152 Å². The van der Waals surface area contributed by atoms with E-state index in [-0.39, 0.29) is 11.5 Å². The topological polar surface area (TPSA) is 68.0 Å². The van der Waals surface area contributed by atoms with Gasteiger partial charge in [-0.25, -0.2) is 9.37 Å². The van der Waals surface area contributed by atoms with E-state index in [0.717, 1.165) is 11.1 Å². The first-order valence-corrected chi connectivity index (χ1v) is 8.62. The molecular weight excluding hydrogens is 353 g/mol. The number of rotatable bonds is 4. The third kappa shape index (κ3) is 3.38. The lowest BCUT2D eigenvalue weighted by Crippen LogP contribution is -2.11. The van der Waals surface area contributed by atoms with Crippen LogP contribution < -0.4 is 5.32 Å². The van der Waals surface area contributed by atoms with Crippen molar-refractivity contribution in [1.29, 1.82) is 0 Å². The number of hydrogen-bond donors (Lipinski definition) is 1. The molecule has 0 saturated carbocycles. The Bertz CT molecular complexity index is 1040. The molecule has 0 spiro atoms. The molecule has 0 bridgehead atoms. The maximum Gasteiger partial charge on any atom is 0.279 e. The van der Waals surface area contributed by atoms with Crippen LogP contribution in [-0.4, -0.2) is 16.0 Å². The minimum absolute atomic E-state index is 0.169. The molecule has 0 saturated heterocycles. The van der Waals surface area contributed by atoms with E-state index >= 15 is 0 Å². The molecule has 0 unspecified atom stereocenters. The van der Waals surface area contributed by atoms with E-state index in [1.54, 1.807) is 23.6 Å². The fraction of sp³-hybridized carbons (Fsp3) is 0. The van der Waals surface area contributed by atoms with Crippen LogP contribution in [0, 0.1) is 5.82 Å². The van der Waals surface area contributed by atoms with Crippen LogP contribution in [-0.2, 0) is 0 Å². The largest absolute Gasteiger partial charge is 0.355 e. The summed E-state index contributed by atoms with van der Waals surface area (Å²) in [6.45, 7) is 0. The van der Waals surface area contributed by atoms with Crippen LogP contribution in [0.4, 0.5) is 9.52 Å². The van der Waals surface area contributed by atoms with Crippen molar-refractivity contribution in [2.75, 3.05) is 5.32 Å². The van der Waals surface area contributed by atoms with Gasteiger partial charge in [-0.05, 0) is 24.3 Å². The molecule has 26 heavy (non-hydrogen) atoms. The van der Waals surface area contributed by atoms with E-state index in [1.165, 1.54) is 23.5 Å². The standard InChI is InChI=1S/C19H12FN3O2S/c20-14-8-6-12(7-9-14)16-11-26-19(21-16)22-18(24)15-10-17(25-23-15)13-4-2-1-3-5-13/h1-11H,(H,21,22,24). The van der Waals surface area contributed by atoms with Crippen molar-refractivity contribution in [2.45, 2.75) is 0 Å². The minimum atomic E-state index is -0.407. The first kappa shape index (κ1) is 16.2. The molecule has 128 valence electrons. The summed E-state index contributed by atoms with van der Waals surface area (Å²) in [7, 11) is 0. The molecule has 0 aliphatic rings. The van der Waals surface area contributed by atoms with Gasteiger partial charge >= 0.3 is 0 Å². The molecular formula is C19H12FN3O2S. The lowest BCUT2D eigenvalue weighted by molar-refractivity contribution is 0.101. The lowest BCUT2D eigenvalue weighted by Gasteiger charge is -1.97. The average Bonchev–Trinajstić information content (AvgIpc) is 3.33. The molecule has 0 aliphatic carbocycles. The Kier molecular flexibility index (Phi) is 4.28. The molecule has 0 atom stereocenters. The SMILES string of the molecule is O=C(Nc1nc(-c2ccc(F)cc2)cs1)c1cc(-c2ccccc2)on1. The number of thiazole rings is 1. The Balaban J connectivity index is 1.49. The molecule has 4 aromatic rings. The van der Waals surface area contributed by atoms with Gasteiger partial charge in [-0.1, -0.05) is 35.5 Å². The van der Waals surface area contributed by atoms with Crippen LogP contribution in [0.15, 0.2) is 70.6 Å². The first-order valence-electron chi connectivity index (χ1n) is 7.74. The number of carbonyl (C=O) groups excluding carboxylic acids is 1. The number of aromatic nitrogens is 2. The van der Waals surface area contributed by atoms with Gasteiger partial charge in [-0.15, -0.1) is 11.3 Å². The van der Waals surface area contributed by atoms with Crippen LogP contribution >= 0.6 is 11.3 Å². The molecule has 2 heterocycles. The maximum atomic E-state index is 13.0. The summed E-state index contributed by atoms with van der Waals surface area (Å²) in [5.74, 6) is -0.199. The zero-order chi connectivity index (χ0) is 17.9. The smallest absolute Gasteiger partial charge is 0.279 e. The average molecular weight is 365 g/mol. The van der Waals surface area contributed by atoms with Crippen molar-refractivity contribution in [2.24, 2.45) is 0 Å². The zero-order valence-electron chi connectivity index (χ0n) is 13.3. The summed E-state index contributed by atoms with van der Waals surface area (Å²) in [5, 5.41) is 8.73. The first-order chi connectivity index (χ1) is 12.7. The van der Waals surface area contributed by atoms with E-state index in [1.807, 2.05) is 30.3 Å². The Morgan fingerprint density at radius 3 is 2.58 bits per heavy atom. The number of hydrogen-bond acceptors (Lipinski definition) is 5. The van der Waals surface area contributed by atoms with Crippen molar-refractivity contribution in [3.8, 4) is 22.6 Å². The van der Waals surface area contributed by atoms with Gasteiger partial charge < -0.3 is 4.52 Å². The van der Waals surface area contributed by atoms with Gasteiger partial charge in [0.05, 0.1) is 5.69 Å². The number of carbonyl (C=O) groups is 1. The quantitative estimate of drug-likeness (QED) is 0.561. The number of benzene rings is 2. The monoisotopic (exact) mass is 365 g/mol. The summed E-state index contributed by atoms with van der Waals surface area (Å²) in [6.07, 6.45) is 0. The van der Waals surface area contributed by atoms with Crippen molar-refractivity contribution in [3.05, 3.63) is 77.6 Å². The third-order valence-electron chi connectivity index (χ3n) is 3.67. The second-order valence-corrected chi connectivity index (χ2v) is 6.30. The van der Waals surface area contributed by atoms with Crippen LogP contribution in [0.5, 0.6) is 0 Å². The van der Waals surface area contributed by atoms with Crippen molar-refractivity contribution >= 4 is 22.4 Å². The summed E-state index contributed by atoms with van der Waals surface area (Å²) in [4.78, 5) is 16.7. The number of anilines is 1. The predicted octanol–water partition coefficient (Wildman–Crippen LogP) is 4.86. The molecule has 1 amide bonds. The van der Waals surface area contributed by atoms with Crippen molar-refractivity contribution in [3.63, 3.8) is 0 Å². The van der Waals surface area contributed by atoms with E-state index in [2.05, 4.69) is 15.5 Å². The van der Waals surface area contributed by atoms with Crippen LogP contribution in [0.1, 0.15) is 10.5 Å². The van der Waals surface area contributed by atoms with Crippen LogP contribution in [0.3, 0.4) is 0 Å². The minimum Gasteiger partial charge on any atom is -0.355 e. The highest BCUT2D eigenvalue weighted by Gasteiger charge is 2.15. The third-order valence-corrected chi connectivity index (χ3v) is 4.42. The van der Waals surface area contributed by atoms with E-state index in [9.17, 15) is 9.18 Å². The van der Waals surface area contributed by atoms with Gasteiger partial charge in [0.25, 0.3) is 5.91 Å². The lowest BCUT2D eigenvalue weighted by atomic mass is 10.1. The zero-order valence-corrected chi connectivity index (χ0v) is 14.2. The molecule has 4 rings (SSSR count). The van der Waals surface area contributed by atoms with Gasteiger partial charge in [0.2, 0.25) is 0 Å². The van der Waals surface area contributed by atoms with Gasteiger partial charge in [-0.2, -0.15) is 0 Å². The summed E-state index contributed by atoms with van der Waals surface area (Å²) in [6, 6.07) is 17.0. The number of nitrogens with one attached hydrogen (secondary N) is 1. The Morgan fingerprint density at radius 1 is 1.04 bits per heavy atom. The number of halogens is 1. The van der Waals surface area contributed by atoms with Gasteiger partial charge in [0.15, 0.2) is 16.6 Å². The van der Waals surface area contributed by atoms with Gasteiger partial charge in [-0.3, -0.25) is 10.1 Å². The van der Waals surface area contributed by atoms with Crippen LogP contribution in [0.25, 0.3) is 22.6 Å². The normalized spacial score (nSPS) is 10.7. The Hall–Kier alpha value is -3.32. The molecule has 0 fully saturated rings. The number of amides is 1. The molecule has 2 aromatic heterocycles. The predicted molar refractivity (Wildman–Crippen MR) is 97.4 cm³/mol.